The van der Waals surface area contributed by atoms with E-state index in [0.717, 1.165) is 30.2 Å². The second kappa shape index (κ2) is 6.46. The van der Waals surface area contributed by atoms with E-state index < -0.39 is 0 Å². The SMILES string of the molecule is Cc1ccnc2nc(C(=O)NCc3ccnc(N4CCCC4)c3)nn12. The lowest BCUT2D eigenvalue weighted by Crippen LogP contribution is -2.24. The Morgan fingerprint density at radius 2 is 2.00 bits per heavy atom. The van der Waals surface area contributed by atoms with Gasteiger partial charge in [-0.2, -0.15) is 4.98 Å². The van der Waals surface area contributed by atoms with E-state index >= 15 is 0 Å². The Balaban J connectivity index is 1.46. The highest BCUT2D eigenvalue weighted by Gasteiger charge is 2.16. The molecule has 4 rings (SSSR count). The molecule has 4 heterocycles. The van der Waals surface area contributed by atoms with Crippen molar-refractivity contribution in [3.05, 3.63) is 47.7 Å². The third-order valence-electron chi connectivity index (χ3n) is 4.33. The summed E-state index contributed by atoms with van der Waals surface area (Å²) in [5, 5.41) is 7.08. The van der Waals surface area contributed by atoms with Crippen molar-refractivity contribution in [2.45, 2.75) is 26.3 Å². The lowest BCUT2D eigenvalue weighted by Gasteiger charge is -2.16. The molecule has 1 aliphatic heterocycles. The van der Waals surface area contributed by atoms with Crippen molar-refractivity contribution in [3.8, 4) is 0 Å². The number of nitrogens with zero attached hydrogens (tertiary/aromatic N) is 6. The molecule has 8 nitrogen and oxygen atoms in total. The van der Waals surface area contributed by atoms with Gasteiger partial charge in [0.1, 0.15) is 5.82 Å². The molecule has 25 heavy (non-hydrogen) atoms. The van der Waals surface area contributed by atoms with Gasteiger partial charge >= 0.3 is 0 Å². The summed E-state index contributed by atoms with van der Waals surface area (Å²) in [6.07, 6.45) is 5.84. The minimum atomic E-state index is -0.315. The molecule has 1 fully saturated rings. The quantitative estimate of drug-likeness (QED) is 0.773. The molecule has 0 atom stereocenters. The van der Waals surface area contributed by atoms with Crippen LogP contribution in [0.4, 0.5) is 5.82 Å². The van der Waals surface area contributed by atoms with Crippen molar-refractivity contribution in [1.29, 1.82) is 0 Å². The van der Waals surface area contributed by atoms with Gasteiger partial charge in [-0.25, -0.2) is 14.5 Å². The molecule has 1 N–H and O–H groups in total. The minimum Gasteiger partial charge on any atom is -0.357 e. The number of hydrogen-bond acceptors (Lipinski definition) is 6. The first kappa shape index (κ1) is 15.5. The molecule has 8 heteroatoms. The van der Waals surface area contributed by atoms with Crippen LogP contribution in [0.5, 0.6) is 0 Å². The van der Waals surface area contributed by atoms with Crippen LogP contribution in [-0.4, -0.2) is 43.6 Å². The molecule has 1 amide bonds. The Morgan fingerprint density at radius 3 is 2.80 bits per heavy atom. The lowest BCUT2D eigenvalue weighted by molar-refractivity contribution is 0.0940. The van der Waals surface area contributed by atoms with Gasteiger partial charge in [-0.3, -0.25) is 4.79 Å². The number of nitrogens with one attached hydrogen (secondary N) is 1. The molecule has 0 unspecified atom stereocenters. The van der Waals surface area contributed by atoms with E-state index in [-0.39, 0.29) is 11.7 Å². The van der Waals surface area contributed by atoms with Crippen LogP contribution in [0.25, 0.3) is 5.78 Å². The highest BCUT2D eigenvalue weighted by Crippen LogP contribution is 2.18. The molecule has 3 aromatic rings. The number of fused-ring (bicyclic) bond motifs is 1. The van der Waals surface area contributed by atoms with Crippen LogP contribution in [0.3, 0.4) is 0 Å². The molecule has 3 aromatic heterocycles. The normalized spacial score (nSPS) is 14.2. The van der Waals surface area contributed by atoms with E-state index in [9.17, 15) is 4.79 Å². The Labute approximate surface area is 144 Å². The van der Waals surface area contributed by atoms with Crippen LogP contribution < -0.4 is 10.2 Å². The first-order chi connectivity index (χ1) is 12.2. The minimum absolute atomic E-state index is 0.121. The summed E-state index contributed by atoms with van der Waals surface area (Å²) in [7, 11) is 0. The number of aryl methyl sites for hydroxylation is 1. The zero-order valence-corrected chi connectivity index (χ0v) is 14.0. The number of anilines is 1. The average molecular weight is 337 g/mol. The Hall–Kier alpha value is -3.03. The molecule has 0 bridgehead atoms. The molecular formula is C17H19N7O. The first-order valence-electron chi connectivity index (χ1n) is 8.37. The summed E-state index contributed by atoms with van der Waals surface area (Å²) in [5.74, 6) is 1.19. The number of carbonyl (C=O) groups is 1. The van der Waals surface area contributed by atoms with Gasteiger partial charge in [0.2, 0.25) is 5.82 Å². The number of hydrogen-bond donors (Lipinski definition) is 1. The molecular weight excluding hydrogens is 318 g/mol. The van der Waals surface area contributed by atoms with Gasteiger partial charge in [-0.1, -0.05) is 0 Å². The topological polar surface area (TPSA) is 88.3 Å². The monoisotopic (exact) mass is 337 g/mol. The smallest absolute Gasteiger partial charge is 0.291 e. The molecule has 1 aliphatic rings. The number of aromatic nitrogens is 5. The Bertz CT molecular complexity index is 914. The van der Waals surface area contributed by atoms with Crippen LogP contribution in [0.15, 0.2) is 30.6 Å². The van der Waals surface area contributed by atoms with Crippen LogP contribution >= 0.6 is 0 Å². The standard InChI is InChI=1S/C17H19N7O/c1-12-4-6-19-17-21-15(22-24(12)17)16(25)20-11-13-5-7-18-14(10-13)23-8-2-3-9-23/h4-7,10H,2-3,8-9,11H2,1H3,(H,20,25). The number of amides is 1. The second-order valence-electron chi connectivity index (χ2n) is 6.13. The maximum Gasteiger partial charge on any atom is 0.291 e. The van der Waals surface area contributed by atoms with Gasteiger partial charge in [0.05, 0.1) is 0 Å². The molecule has 0 saturated carbocycles. The Morgan fingerprint density at radius 1 is 1.20 bits per heavy atom. The van der Waals surface area contributed by atoms with E-state index in [0.29, 0.717) is 12.3 Å². The third-order valence-corrected chi connectivity index (χ3v) is 4.33. The fourth-order valence-corrected chi connectivity index (χ4v) is 2.95. The van der Waals surface area contributed by atoms with E-state index in [1.807, 2.05) is 25.1 Å². The van der Waals surface area contributed by atoms with Crippen molar-refractivity contribution in [2.75, 3.05) is 18.0 Å². The van der Waals surface area contributed by atoms with E-state index in [1.54, 1.807) is 16.9 Å². The average Bonchev–Trinajstić information content (AvgIpc) is 3.30. The summed E-state index contributed by atoms with van der Waals surface area (Å²) >= 11 is 0. The fourth-order valence-electron chi connectivity index (χ4n) is 2.95. The van der Waals surface area contributed by atoms with Gasteiger partial charge in [0, 0.05) is 37.7 Å². The zero-order valence-electron chi connectivity index (χ0n) is 14.0. The number of rotatable bonds is 4. The van der Waals surface area contributed by atoms with Crippen molar-refractivity contribution >= 4 is 17.5 Å². The largest absolute Gasteiger partial charge is 0.357 e. The number of carbonyl (C=O) groups excluding carboxylic acids is 1. The summed E-state index contributed by atoms with van der Waals surface area (Å²) in [6.45, 7) is 4.38. The molecule has 0 aliphatic carbocycles. The van der Waals surface area contributed by atoms with Crippen LogP contribution in [-0.2, 0) is 6.54 Å². The van der Waals surface area contributed by atoms with Crippen molar-refractivity contribution in [3.63, 3.8) is 0 Å². The van der Waals surface area contributed by atoms with Crippen LogP contribution in [0.2, 0.25) is 0 Å². The molecule has 128 valence electrons. The maximum atomic E-state index is 12.3. The number of pyridine rings is 1. The van der Waals surface area contributed by atoms with Crippen molar-refractivity contribution in [2.24, 2.45) is 0 Å². The van der Waals surface area contributed by atoms with Crippen LogP contribution in [0, 0.1) is 6.92 Å². The molecule has 0 radical (unpaired) electrons. The summed E-state index contributed by atoms with van der Waals surface area (Å²) in [6, 6.07) is 5.75. The summed E-state index contributed by atoms with van der Waals surface area (Å²) in [5.41, 5.74) is 1.88. The highest BCUT2D eigenvalue weighted by atomic mass is 16.2. The highest BCUT2D eigenvalue weighted by molar-refractivity contribution is 5.90. The first-order valence-corrected chi connectivity index (χ1v) is 8.37. The van der Waals surface area contributed by atoms with Crippen molar-refractivity contribution < 1.29 is 4.79 Å². The molecule has 1 saturated heterocycles. The van der Waals surface area contributed by atoms with Gasteiger partial charge in [-0.05, 0) is 43.5 Å². The van der Waals surface area contributed by atoms with Gasteiger partial charge in [0.15, 0.2) is 0 Å². The van der Waals surface area contributed by atoms with Gasteiger partial charge in [-0.15, -0.1) is 5.10 Å². The predicted molar refractivity (Wildman–Crippen MR) is 92.4 cm³/mol. The van der Waals surface area contributed by atoms with Crippen molar-refractivity contribution in [1.82, 2.24) is 29.9 Å². The molecule has 0 spiro atoms. The predicted octanol–water partition coefficient (Wildman–Crippen LogP) is 1.36. The lowest BCUT2D eigenvalue weighted by atomic mass is 10.2. The second-order valence-corrected chi connectivity index (χ2v) is 6.13. The summed E-state index contributed by atoms with van der Waals surface area (Å²) < 4.78 is 1.56. The Kier molecular flexibility index (Phi) is 4.01. The van der Waals surface area contributed by atoms with E-state index in [1.165, 1.54) is 12.8 Å². The fraction of sp³-hybridized carbons (Fsp3) is 0.353. The zero-order chi connectivity index (χ0) is 17.2. The van der Waals surface area contributed by atoms with E-state index in [4.69, 9.17) is 0 Å². The maximum absolute atomic E-state index is 12.3. The summed E-state index contributed by atoms with van der Waals surface area (Å²) in [4.78, 5) is 27.3. The van der Waals surface area contributed by atoms with E-state index in [2.05, 4.69) is 30.3 Å². The van der Waals surface area contributed by atoms with Crippen LogP contribution in [0.1, 0.15) is 34.7 Å². The third kappa shape index (κ3) is 3.15. The molecule has 0 aromatic carbocycles. The van der Waals surface area contributed by atoms with Gasteiger partial charge < -0.3 is 10.2 Å². The van der Waals surface area contributed by atoms with Gasteiger partial charge in [0.25, 0.3) is 11.7 Å².